The monoisotopic (exact) mass is 229 g/mol. The number of hydrogen-bond acceptors (Lipinski definition) is 2. The third-order valence-corrected chi connectivity index (χ3v) is 2.41. The molecule has 0 aliphatic heterocycles. The molecule has 0 amide bonds. The van der Waals surface area contributed by atoms with E-state index in [0.717, 1.165) is 11.3 Å². The van der Waals surface area contributed by atoms with Crippen LogP contribution in [0.1, 0.15) is 43.9 Å². The largest absolute Gasteiger partial charge is 0.496 e. The summed E-state index contributed by atoms with van der Waals surface area (Å²) in [4.78, 5) is 0. The predicted octanol–water partition coefficient (Wildman–Crippen LogP) is 3.26. The summed E-state index contributed by atoms with van der Waals surface area (Å²) in [6.45, 7) is 6.32. The van der Waals surface area contributed by atoms with Crippen LogP contribution in [-0.2, 0) is 0 Å². The van der Waals surface area contributed by atoms with Gasteiger partial charge in [0, 0.05) is 11.6 Å². The zero-order valence-corrected chi connectivity index (χ0v) is 10.6. The van der Waals surface area contributed by atoms with Crippen LogP contribution in [-0.4, -0.2) is 7.11 Å². The van der Waals surface area contributed by atoms with Gasteiger partial charge in [-0.3, -0.25) is 0 Å². The highest BCUT2D eigenvalue weighted by molar-refractivity contribution is 5.85. The number of hydrogen-bond donors (Lipinski definition) is 1. The number of methoxy groups -OCH3 is 1. The normalized spacial score (nSPS) is 12.1. The summed E-state index contributed by atoms with van der Waals surface area (Å²) in [6.07, 6.45) is 0. The molecule has 1 aromatic rings. The van der Waals surface area contributed by atoms with Gasteiger partial charge in [0.25, 0.3) is 0 Å². The Balaban J connectivity index is 0.00000196. The fraction of sp³-hybridized carbons (Fsp3) is 0.500. The molecule has 0 saturated carbocycles. The van der Waals surface area contributed by atoms with Gasteiger partial charge in [-0.25, -0.2) is 0 Å². The highest BCUT2D eigenvalue weighted by Gasteiger charge is 2.09. The van der Waals surface area contributed by atoms with Crippen molar-refractivity contribution in [3.8, 4) is 5.75 Å². The average Bonchev–Trinajstić information content (AvgIpc) is 2.16. The minimum absolute atomic E-state index is 0. The first kappa shape index (κ1) is 14.3. The Bertz CT molecular complexity index is 310. The zero-order valence-electron chi connectivity index (χ0n) is 9.78. The highest BCUT2D eigenvalue weighted by Crippen LogP contribution is 2.27. The maximum Gasteiger partial charge on any atom is 0.123 e. The van der Waals surface area contributed by atoms with Crippen molar-refractivity contribution in [2.24, 2.45) is 5.73 Å². The Labute approximate surface area is 98.2 Å². The predicted molar refractivity (Wildman–Crippen MR) is 66.9 cm³/mol. The fourth-order valence-electron chi connectivity index (χ4n) is 1.47. The molecule has 0 heterocycles. The topological polar surface area (TPSA) is 35.2 Å². The van der Waals surface area contributed by atoms with Gasteiger partial charge in [0.05, 0.1) is 7.11 Å². The lowest BCUT2D eigenvalue weighted by Gasteiger charge is -2.14. The van der Waals surface area contributed by atoms with Crippen LogP contribution in [0, 0.1) is 0 Å². The van der Waals surface area contributed by atoms with Crippen molar-refractivity contribution < 1.29 is 4.74 Å². The van der Waals surface area contributed by atoms with E-state index in [1.165, 1.54) is 5.56 Å². The van der Waals surface area contributed by atoms with E-state index in [2.05, 4.69) is 26.0 Å². The van der Waals surface area contributed by atoms with Crippen molar-refractivity contribution in [2.45, 2.75) is 32.7 Å². The van der Waals surface area contributed by atoms with E-state index >= 15 is 0 Å². The van der Waals surface area contributed by atoms with E-state index in [0.29, 0.717) is 5.92 Å². The van der Waals surface area contributed by atoms with Crippen LogP contribution in [0.4, 0.5) is 0 Å². The summed E-state index contributed by atoms with van der Waals surface area (Å²) in [5.41, 5.74) is 8.27. The fourth-order valence-corrected chi connectivity index (χ4v) is 1.47. The molecule has 0 saturated heterocycles. The van der Waals surface area contributed by atoms with E-state index in [9.17, 15) is 0 Å². The lowest BCUT2D eigenvalue weighted by atomic mass is 9.98. The van der Waals surface area contributed by atoms with Crippen molar-refractivity contribution in [3.05, 3.63) is 29.3 Å². The van der Waals surface area contributed by atoms with Crippen molar-refractivity contribution in [2.75, 3.05) is 7.11 Å². The average molecular weight is 230 g/mol. The van der Waals surface area contributed by atoms with Gasteiger partial charge in [-0.1, -0.05) is 26.0 Å². The first-order valence-corrected chi connectivity index (χ1v) is 4.99. The van der Waals surface area contributed by atoms with Crippen LogP contribution in [0.2, 0.25) is 0 Å². The summed E-state index contributed by atoms with van der Waals surface area (Å²) in [6, 6.07) is 6.24. The third kappa shape index (κ3) is 3.40. The maximum atomic E-state index is 5.88. The van der Waals surface area contributed by atoms with Crippen LogP contribution in [0.15, 0.2) is 18.2 Å². The van der Waals surface area contributed by atoms with Gasteiger partial charge in [0.2, 0.25) is 0 Å². The van der Waals surface area contributed by atoms with Gasteiger partial charge >= 0.3 is 0 Å². The number of ether oxygens (including phenoxy) is 1. The first-order chi connectivity index (χ1) is 6.56. The lowest BCUT2D eigenvalue weighted by molar-refractivity contribution is 0.406. The Morgan fingerprint density at radius 2 is 1.80 bits per heavy atom. The second-order valence-corrected chi connectivity index (χ2v) is 3.94. The van der Waals surface area contributed by atoms with Gasteiger partial charge in [0.1, 0.15) is 5.75 Å². The molecule has 1 atom stereocenters. The molecule has 15 heavy (non-hydrogen) atoms. The van der Waals surface area contributed by atoms with Crippen molar-refractivity contribution in [3.63, 3.8) is 0 Å². The molecular weight excluding hydrogens is 210 g/mol. The molecular formula is C12H20ClNO. The van der Waals surface area contributed by atoms with Crippen LogP contribution >= 0.6 is 12.4 Å². The molecule has 0 unspecified atom stereocenters. The summed E-state index contributed by atoms with van der Waals surface area (Å²) < 4.78 is 5.26. The smallest absolute Gasteiger partial charge is 0.123 e. The minimum atomic E-state index is 0. The Morgan fingerprint density at radius 1 is 1.20 bits per heavy atom. The third-order valence-electron chi connectivity index (χ3n) is 2.41. The second-order valence-electron chi connectivity index (χ2n) is 3.94. The lowest BCUT2D eigenvalue weighted by Crippen LogP contribution is -2.07. The van der Waals surface area contributed by atoms with Gasteiger partial charge in [-0.05, 0) is 24.5 Å². The highest BCUT2D eigenvalue weighted by atomic mass is 35.5. The van der Waals surface area contributed by atoms with Crippen LogP contribution < -0.4 is 10.5 Å². The molecule has 3 heteroatoms. The van der Waals surface area contributed by atoms with E-state index < -0.39 is 0 Å². The van der Waals surface area contributed by atoms with Crippen LogP contribution in [0.5, 0.6) is 5.75 Å². The van der Waals surface area contributed by atoms with Crippen molar-refractivity contribution in [1.29, 1.82) is 0 Å². The SMILES string of the molecule is COc1ccc(C(C)C)cc1[C@H](C)N.Cl. The van der Waals surface area contributed by atoms with Gasteiger partial charge in [-0.2, -0.15) is 0 Å². The molecule has 0 aliphatic rings. The molecule has 86 valence electrons. The van der Waals surface area contributed by atoms with Crippen molar-refractivity contribution in [1.82, 2.24) is 0 Å². The number of halogens is 1. The van der Waals surface area contributed by atoms with Gasteiger partial charge in [-0.15, -0.1) is 12.4 Å². The van der Waals surface area contributed by atoms with E-state index in [4.69, 9.17) is 10.5 Å². The second kappa shape index (κ2) is 5.99. The van der Waals surface area contributed by atoms with Gasteiger partial charge in [0.15, 0.2) is 0 Å². The number of rotatable bonds is 3. The molecule has 0 spiro atoms. The van der Waals surface area contributed by atoms with Crippen LogP contribution in [0.25, 0.3) is 0 Å². The zero-order chi connectivity index (χ0) is 10.7. The molecule has 0 aromatic heterocycles. The number of benzene rings is 1. The van der Waals surface area contributed by atoms with E-state index in [1.807, 2.05) is 13.0 Å². The summed E-state index contributed by atoms with van der Waals surface area (Å²) in [7, 11) is 1.68. The summed E-state index contributed by atoms with van der Waals surface area (Å²) in [5.74, 6) is 1.41. The quantitative estimate of drug-likeness (QED) is 0.864. The van der Waals surface area contributed by atoms with E-state index in [-0.39, 0.29) is 18.4 Å². The molecule has 0 aliphatic carbocycles. The standard InChI is InChI=1S/C12H19NO.ClH/c1-8(2)10-5-6-12(14-4)11(7-10)9(3)13;/h5-9H,13H2,1-4H3;1H/t9-;/m0./s1. The van der Waals surface area contributed by atoms with E-state index in [1.54, 1.807) is 7.11 Å². The number of nitrogens with two attached hydrogens (primary N) is 1. The molecule has 0 bridgehead atoms. The Hall–Kier alpha value is -0.730. The molecule has 2 N–H and O–H groups in total. The molecule has 1 aromatic carbocycles. The minimum Gasteiger partial charge on any atom is -0.496 e. The Kier molecular flexibility index (Phi) is 5.69. The van der Waals surface area contributed by atoms with Crippen LogP contribution in [0.3, 0.4) is 0 Å². The first-order valence-electron chi connectivity index (χ1n) is 4.99. The molecule has 2 nitrogen and oxygen atoms in total. The summed E-state index contributed by atoms with van der Waals surface area (Å²) in [5, 5.41) is 0. The molecule has 0 fully saturated rings. The Morgan fingerprint density at radius 3 is 2.20 bits per heavy atom. The molecule has 1 rings (SSSR count). The molecule has 0 radical (unpaired) electrons. The summed E-state index contributed by atoms with van der Waals surface area (Å²) >= 11 is 0. The van der Waals surface area contributed by atoms with Crippen molar-refractivity contribution >= 4 is 12.4 Å². The maximum absolute atomic E-state index is 5.88. The van der Waals surface area contributed by atoms with Gasteiger partial charge < -0.3 is 10.5 Å².